The van der Waals surface area contributed by atoms with Crippen molar-refractivity contribution in [2.45, 2.75) is 44.6 Å². The van der Waals surface area contributed by atoms with Gasteiger partial charge in [0.2, 0.25) is 11.9 Å². The summed E-state index contributed by atoms with van der Waals surface area (Å²) >= 11 is 0. The molecular formula is C26H27N7O2. The zero-order valence-corrected chi connectivity index (χ0v) is 19.5. The van der Waals surface area contributed by atoms with Gasteiger partial charge in [-0.1, -0.05) is 0 Å². The van der Waals surface area contributed by atoms with Gasteiger partial charge in [0.1, 0.15) is 17.4 Å². The van der Waals surface area contributed by atoms with E-state index in [1.807, 2.05) is 27.7 Å². The summed E-state index contributed by atoms with van der Waals surface area (Å²) in [6, 6.07) is 10.2. The molecule has 1 aliphatic carbocycles. The molecule has 0 spiro atoms. The monoisotopic (exact) mass is 469 g/mol. The fourth-order valence-electron chi connectivity index (χ4n) is 4.99. The van der Waals surface area contributed by atoms with E-state index in [0.717, 1.165) is 67.0 Å². The van der Waals surface area contributed by atoms with Crippen LogP contribution < -0.4 is 10.1 Å². The van der Waals surface area contributed by atoms with Crippen LogP contribution in [0, 0.1) is 17.2 Å². The minimum Gasteiger partial charge on any atom is -0.493 e. The van der Waals surface area contributed by atoms with Gasteiger partial charge in [-0.3, -0.25) is 9.36 Å². The van der Waals surface area contributed by atoms with Gasteiger partial charge < -0.3 is 15.0 Å². The Morgan fingerprint density at radius 3 is 3.00 bits per heavy atom. The molecule has 0 unspecified atom stereocenters. The maximum absolute atomic E-state index is 12.5. The highest BCUT2D eigenvalue weighted by molar-refractivity contribution is 5.81. The summed E-state index contributed by atoms with van der Waals surface area (Å²) in [7, 11) is 0. The van der Waals surface area contributed by atoms with Crippen molar-refractivity contribution in [2.24, 2.45) is 5.92 Å². The van der Waals surface area contributed by atoms with Crippen LogP contribution in [0.5, 0.6) is 5.75 Å². The first-order valence-electron chi connectivity index (χ1n) is 12.3. The molecule has 1 atom stereocenters. The Morgan fingerprint density at radius 1 is 1.23 bits per heavy atom. The van der Waals surface area contributed by atoms with Gasteiger partial charge in [0.05, 0.1) is 31.0 Å². The molecule has 0 bridgehead atoms. The van der Waals surface area contributed by atoms with Crippen LogP contribution in [0.1, 0.15) is 36.9 Å². The van der Waals surface area contributed by atoms with E-state index in [0.29, 0.717) is 24.9 Å². The Hall–Kier alpha value is -3.93. The highest BCUT2D eigenvalue weighted by Crippen LogP contribution is 2.33. The summed E-state index contributed by atoms with van der Waals surface area (Å²) in [5, 5.41) is 12.8. The molecule has 3 aromatic rings. The lowest BCUT2D eigenvalue weighted by Crippen LogP contribution is -2.45. The van der Waals surface area contributed by atoms with Crippen molar-refractivity contribution in [1.29, 1.82) is 5.26 Å². The van der Waals surface area contributed by atoms with Crippen molar-refractivity contribution in [2.75, 3.05) is 25.0 Å². The number of likely N-dealkylation sites (tertiary alicyclic amines) is 1. The maximum atomic E-state index is 12.5. The normalized spacial score (nSPS) is 19.1. The number of rotatable bonds is 6. The van der Waals surface area contributed by atoms with Gasteiger partial charge in [0, 0.05) is 43.2 Å². The number of amides is 1. The molecule has 6 rings (SSSR count). The summed E-state index contributed by atoms with van der Waals surface area (Å²) in [6.45, 7) is 2.20. The maximum Gasteiger partial charge on any atom is 0.225 e. The predicted molar refractivity (Wildman–Crippen MR) is 129 cm³/mol. The SMILES string of the molecule is N#CCc1cnc(-c2ccc3c(c2)CCO3)n1-c1ccnc(N[C@H]2CCCN(C(=O)C3CC3)C2)n1. The smallest absolute Gasteiger partial charge is 0.225 e. The number of nitriles is 1. The molecule has 2 aromatic heterocycles. The molecule has 0 radical (unpaired) electrons. The lowest BCUT2D eigenvalue weighted by Gasteiger charge is -2.33. The molecule has 2 fully saturated rings. The van der Waals surface area contributed by atoms with Crippen LogP contribution in [0.15, 0.2) is 36.7 Å². The number of carbonyl (C=O) groups is 1. The van der Waals surface area contributed by atoms with Gasteiger partial charge in [-0.15, -0.1) is 0 Å². The number of ether oxygens (including phenoxy) is 1. The molecule has 3 aliphatic rings. The van der Waals surface area contributed by atoms with E-state index in [2.05, 4.69) is 27.4 Å². The Balaban J connectivity index is 1.28. The Bertz CT molecular complexity index is 1310. The number of aromatic nitrogens is 4. The number of fused-ring (bicyclic) bond motifs is 1. The Morgan fingerprint density at radius 2 is 2.14 bits per heavy atom. The minimum atomic E-state index is 0.110. The number of benzene rings is 1. The van der Waals surface area contributed by atoms with Crippen molar-refractivity contribution < 1.29 is 9.53 Å². The molecule has 1 amide bonds. The molecule has 1 aromatic carbocycles. The third kappa shape index (κ3) is 4.32. The average Bonchev–Trinajstić information content (AvgIpc) is 3.48. The minimum absolute atomic E-state index is 0.110. The molecular weight excluding hydrogens is 442 g/mol. The molecule has 35 heavy (non-hydrogen) atoms. The first-order chi connectivity index (χ1) is 17.2. The fraction of sp³-hybridized carbons (Fsp3) is 0.423. The molecule has 9 heteroatoms. The molecule has 1 saturated carbocycles. The standard InChI is InChI=1S/C26H27N7O2/c27-10-7-21-15-29-24(19-5-6-22-18(14-19)9-13-35-22)33(21)23-8-11-28-26(31-23)30-20-2-1-12-32(16-20)25(34)17-3-4-17/h5-6,8,11,14-15,17,20H,1-4,7,9,12-13,16H2,(H,28,30,31)/t20-/m0/s1. The number of carbonyl (C=O) groups excluding carboxylic acids is 1. The summed E-state index contributed by atoms with van der Waals surface area (Å²) in [5.74, 6) is 3.33. The van der Waals surface area contributed by atoms with E-state index in [1.165, 1.54) is 0 Å². The van der Waals surface area contributed by atoms with Crippen LogP contribution in [0.25, 0.3) is 17.2 Å². The fourth-order valence-corrected chi connectivity index (χ4v) is 4.99. The van der Waals surface area contributed by atoms with Crippen LogP contribution in [-0.2, 0) is 17.6 Å². The van der Waals surface area contributed by atoms with Crippen LogP contribution >= 0.6 is 0 Å². The third-order valence-electron chi connectivity index (χ3n) is 6.91. The molecule has 9 nitrogen and oxygen atoms in total. The highest BCUT2D eigenvalue weighted by atomic mass is 16.5. The third-order valence-corrected chi connectivity index (χ3v) is 6.91. The first kappa shape index (κ1) is 21.6. The van der Waals surface area contributed by atoms with Gasteiger partial charge in [0.25, 0.3) is 0 Å². The zero-order valence-electron chi connectivity index (χ0n) is 19.5. The van der Waals surface area contributed by atoms with Crippen molar-refractivity contribution in [1.82, 2.24) is 24.4 Å². The van der Waals surface area contributed by atoms with Crippen molar-refractivity contribution in [3.63, 3.8) is 0 Å². The molecule has 2 aliphatic heterocycles. The highest BCUT2D eigenvalue weighted by Gasteiger charge is 2.35. The second-order valence-electron chi connectivity index (χ2n) is 9.44. The quantitative estimate of drug-likeness (QED) is 0.591. The van der Waals surface area contributed by atoms with Gasteiger partial charge in [-0.2, -0.15) is 10.2 Å². The van der Waals surface area contributed by atoms with Crippen LogP contribution in [0.4, 0.5) is 5.95 Å². The largest absolute Gasteiger partial charge is 0.493 e. The Kier molecular flexibility index (Phi) is 5.57. The second-order valence-corrected chi connectivity index (χ2v) is 9.44. The summed E-state index contributed by atoms with van der Waals surface area (Å²) in [6.07, 6.45) is 8.53. The van der Waals surface area contributed by atoms with E-state index < -0.39 is 0 Å². The molecule has 4 heterocycles. The van der Waals surface area contributed by atoms with Crippen molar-refractivity contribution >= 4 is 11.9 Å². The number of piperidine rings is 1. The van der Waals surface area contributed by atoms with Crippen LogP contribution in [0.2, 0.25) is 0 Å². The van der Waals surface area contributed by atoms with Crippen molar-refractivity contribution in [3.05, 3.63) is 47.9 Å². The van der Waals surface area contributed by atoms with Crippen LogP contribution in [-0.4, -0.2) is 56.1 Å². The number of nitrogens with one attached hydrogen (secondary N) is 1. The van der Waals surface area contributed by atoms with E-state index in [9.17, 15) is 10.1 Å². The molecule has 1 saturated heterocycles. The second kappa shape index (κ2) is 9.02. The van der Waals surface area contributed by atoms with E-state index in [4.69, 9.17) is 9.72 Å². The lowest BCUT2D eigenvalue weighted by atomic mass is 10.1. The number of imidazole rings is 1. The molecule has 178 valence electrons. The van der Waals surface area contributed by atoms with Gasteiger partial charge in [0.15, 0.2) is 0 Å². The van der Waals surface area contributed by atoms with E-state index >= 15 is 0 Å². The number of hydrogen-bond acceptors (Lipinski definition) is 7. The van der Waals surface area contributed by atoms with Crippen LogP contribution in [0.3, 0.4) is 0 Å². The summed E-state index contributed by atoms with van der Waals surface area (Å²) in [4.78, 5) is 28.4. The molecule has 1 N–H and O–H groups in total. The van der Waals surface area contributed by atoms with E-state index in [-0.39, 0.29) is 24.3 Å². The van der Waals surface area contributed by atoms with Gasteiger partial charge in [-0.25, -0.2) is 9.97 Å². The topological polar surface area (TPSA) is 109 Å². The van der Waals surface area contributed by atoms with Gasteiger partial charge in [-0.05, 0) is 55.5 Å². The number of nitrogens with zero attached hydrogens (tertiary/aromatic N) is 6. The first-order valence-corrected chi connectivity index (χ1v) is 12.3. The zero-order chi connectivity index (χ0) is 23.8. The average molecular weight is 470 g/mol. The number of hydrogen-bond donors (Lipinski definition) is 1. The lowest BCUT2D eigenvalue weighted by molar-refractivity contribution is -0.133. The predicted octanol–water partition coefficient (Wildman–Crippen LogP) is 3.14. The Labute approximate surface area is 203 Å². The van der Waals surface area contributed by atoms with Gasteiger partial charge >= 0.3 is 0 Å². The number of anilines is 1. The van der Waals surface area contributed by atoms with Crippen molar-refractivity contribution in [3.8, 4) is 29.0 Å². The summed E-state index contributed by atoms with van der Waals surface area (Å²) in [5.41, 5.74) is 2.88. The van der Waals surface area contributed by atoms with E-state index in [1.54, 1.807) is 12.4 Å². The summed E-state index contributed by atoms with van der Waals surface area (Å²) < 4.78 is 7.58.